The molecule has 3 saturated heterocycles. The van der Waals surface area contributed by atoms with Gasteiger partial charge in [0.25, 0.3) is 0 Å². The lowest BCUT2D eigenvalue weighted by Gasteiger charge is -2.36. The van der Waals surface area contributed by atoms with Crippen LogP contribution in [0.25, 0.3) is 0 Å². The Morgan fingerprint density at radius 3 is 1.90 bits per heavy atom. The van der Waals surface area contributed by atoms with E-state index in [1.165, 1.54) is 44.9 Å². The maximum absolute atomic E-state index is 9.83. The van der Waals surface area contributed by atoms with Gasteiger partial charge in [-0.3, -0.25) is 0 Å². The van der Waals surface area contributed by atoms with Crippen molar-refractivity contribution in [1.29, 1.82) is 0 Å². The number of hydrogen-bond donors (Lipinski definition) is 3. The summed E-state index contributed by atoms with van der Waals surface area (Å²) in [5, 5.41) is 29.2. The molecule has 42 heavy (non-hydrogen) atoms. The van der Waals surface area contributed by atoms with Crippen LogP contribution in [0.4, 0.5) is 0 Å². The summed E-state index contributed by atoms with van der Waals surface area (Å²) in [4.78, 5) is 0. The third kappa shape index (κ3) is 5.33. The van der Waals surface area contributed by atoms with Crippen LogP contribution in [-0.4, -0.2) is 82.5 Å². The molecule has 2 bridgehead atoms. The highest BCUT2D eigenvalue weighted by atomic mass is 16.6. The molecule has 0 aromatic rings. The van der Waals surface area contributed by atoms with E-state index in [-0.39, 0.29) is 24.4 Å². The molecule has 10 aliphatic rings. The van der Waals surface area contributed by atoms with E-state index in [1.54, 1.807) is 0 Å². The monoisotopic (exact) mass is 588 g/mol. The first-order valence-electron chi connectivity index (χ1n) is 17.9. The predicted octanol–water partition coefficient (Wildman–Crippen LogP) is 4.48. The van der Waals surface area contributed by atoms with Crippen molar-refractivity contribution in [2.24, 2.45) is 53.3 Å². The first-order valence-corrected chi connectivity index (χ1v) is 17.9. The smallest absolute Gasteiger partial charge is 0.110 e. The predicted molar refractivity (Wildman–Crippen MR) is 157 cm³/mol. The second-order valence-electron chi connectivity index (χ2n) is 16.4. The molecule has 0 amide bonds. The van der Waals surface area contributed by atoms with Gasteiger partial charge in [-0.25, -0.2) is 0 Å². The van der Waals surface area contributed by atoms with Crippen LogP contribution in [0.3, 0.4) is 0 Å². The minimum absolute atomic E-state index is 0.0159. The Morgan fingerprint density at radius 2 is 1.21 bits per heavy atom. The second kappa shape index (κ2) is 11.2. The fourth-order valence-corrected chi connectivity index (χ4v) is 11.3. The molecule has 10 rings (SSSR count). The Bertz CT molecular complexity index is 977. The number of aliphatic hydroxyl groups is 3. The molecule has 3 aliphatic heterocycles. The van der Waals surface area contributed by atoms with Crippen LogP contribution in [0.5, 0.6) is 0 Å². The largest absolute Gasteiger partial charge is 0.393 e. The summed E-state index contributed by atoms with van der Waals surface area (Å²) in [5.74, 6) is 6.34. The van der Waals surface area contributed by atoms with Gasteiger partial charge in [0.2, 0.25) is 0 Å². The summed E-state index contributed by atoms with van der Waals surface area (Å²) in [6, 6.07) is 0. The van der Waals surface area contributed by atoms with Crippen molar-refractivity contribution in [2.45, 2.75) is 165 Å². The van der Waals surface area contributed by atoms with E-state index in [4.69, 9.17) is 18.9 Å². The Balaban J connectivity index is 0.0000000954. The van der Waals surface area contributed by atoms with Gasteiger partial charge in [0.1, 0.15) is 6.10 Å². The van der Waals surface area contributed by atoms with E-state index in [0.717, 1.165) is 67.6 Å². The number of rotatable bonds is 3. The van der Waals surface area contributed by atoms with E-state index < -0.39 is 0 Å². The molecule has 7 saturated carbocycles. The van der Waals surface area contributed by atoms with Crippen LogP contribution in [-0.2, 0) is 18.9 Å². The third-order valence-electron chi connectivity index (χ3n) is 14.1. The zero-order valence-corrected chi connectivity index (χ0v) is 26.0. The van der Waals surface area contributed by atoms with Crippen molar-refractivity contribution in [1.82, 2.24) is 0 Å². The van der Waals surface area contributed by atoms with Gasteiger partial charge in [0.05, 0.1) is 61.0 Å². The van der Waals surface area contributed by atoms with Gasteiger partial charge in [-0.05, 0) is 124 Å². The van der Waals surface area contributed by atoms with E-state index in [2.05, 4.69) is 20.8 Å². The molecule has 3 N–H and O–H groups in total. The summed E-state index contributed by atoms with van der Waals surface area (Å²) in [5.41, 5.74) is 0. The first-order chi connectivity index (χ1) is 20.3. The van der Waals surface area contributed by atoms with E-state index >= 15 is 0 Å². The number of hydrogen-bond acceptors (Lipinski definition) is 7. The van der Waals surface area contributed by atoms with E-state index in [1.807, 2.05) is 0 Å². The zero-order valence-electron chi connectivity index (χ0n) is 26.0. The molecule has 7 aliphatic carbocycles. The van der Waals surface area contributed by atoms with Crippen LogP contribution in [0.15, 0.2) is 0 Å². The average Bonchev–Trinajstić information content (AvgIpc) is 3.94. The van der Waals surface area contributed by atoms with E-state index in [0.29, 0.717) is 60.5 Å². The van der Waals surface area contributed by atoms with E-state index in [9.17, 15) is 15.3 Å². The Morgan fingerprint density at radius 1 is 0.500 bits per heavy atom. The third-order valence-corrected chi connectivity index (χ3v) is 14.1. The molecule has 7 heteroatoms. The highest BCUT2D eigenvalue weighted by Crippen LogP contribution is 2.67. The van der Waals surface area contributed by atoms with Crippen molar-refractivity contribution in [3.05, 3.63) is 0 Å². The van der Waals surface area contributed by atoms with Gasteiger partial charge in [-0.15, -0.1) is 0 Å². The minimum atomic E-state index is -0.155. The zero-order chi connectivity index (χ0) is 28.9. The maximum atomic E-state index is 9.83. The topological polar surface area (TPSA) is 108 Å². The normalized spacial score (nSPS) is 60.7. The van der Waals surface area contributed by atoms with Crippen molar-refractivity contribution in [3.63, 3.8) is 0 Å². The fourth-order valence-electron chi connectivity index (χ4n) is 11.3. The lowest BCUT2D eigenvalue weighted by molar-refractivity contribution is -0.0532. The first kappa shape index (κ1) is 29.1. The summed E-state index contributed by atoms with van der Waals surface area (Å²) < 4.78 is 22.7. The Hall–Kier alpha value is -0.280. The molecule has 7 nitrogen and oxygen atoms in total. The van der Waals surface area contributed by atoms with Crippen molar-refractivity contribution in [2.75, 3.05) is 0 Å². The second-order valence-corrected chi connectivity index (χ2v) is 16.4. The van der Waals surface area contributed by atoms with Gasteiger partial charge in [-0.1, -0.05) is 20.8 Å². The maximum Gasteiger partial charge on any atom is 0.110 e. The highest BCUT2D eigenvalue weighted by molar-refractivity contribution is 5.17. The lowest BCUT2D eigenvalue weighted by atomic mass is 9.70. The number of epoxide rings is 3. The van der Waals surface area contributed by atoms with Gasteiger partial charge in [0, 0.05) is 5.92 Å². The average molecular weight is 589 g/mol. The van der Waals surface area contributed by atoms with Crippen molar-refractivity contribution < 1.29 is 34.3 Å². The molecule has 0 spiro atoms. The molecule has 238 valence electrons. The van der Waals surface area contributed by atoms with Crippen LogP contribution >= 0.6 is 0 Å². The molecular formula is C35H56O7. The summed E-state index contributed by atoms with van der Waals surface area (Å²) in [6.45, 7) is 6.52. The quantitative estimate of drug-likeness (QED) is 0.418. The SMILES string of the molecule is CC1C(O)CC2C3CC(C4OC34)C12.CC1C(O)CCC1OC1CCC2OC12.CC1CC(C2CCC3OC3C2)CCC1O. The standard InChI is InChI=1S/C13H22O2.C11H18O3.C11H16O2/c1-8-6-9(2-4-11(8)14)10-3-5-12-13(7-10)15-12;1-6-7(12)2-3-8(6)13-9-4-5-10-11(9)14-10;1-4-8(12)3-5-6-2-7(9(4)5)11-10(6)13-11/h8-14H,2-7H2,1H3;6-12H,2-5H2,1H3;4-12H,2-3H2,1H3. The van der Waals surface area contributed by atoms with Gasteiger partial charge < -0.3 is 34.3 Å². The highest BCUT2D eigenvalue weighted by Gasteiger charge is 2.70. The van der Waals surface area contributed by atoms with Gasteiger partial charge in [-0.2, -0.15) is 0 Å². The van der Waals surface area contributed by atoms with Crippen LogP contribution in [0.1, 0.15) is 97.8 Å². The number of fused-ring (bicyclic) bond motifs is 10. The number of ether oxygens (including phenoxy) is 4. The molecule has 0 radical (unpaired) electrons. The van der Waals surface area contributed by atoms with Crippen molar-refractivity contribution in [3.8, 4) is 0 Å². The Labute approximate surface area is 252 Å². The van der Waals surface area contributed by atoms with Gasteiger partial charge in [0.15, 0.2) is 0 Å². The molecule has 20 atom stereocenters. The molecule has 0 aromatic carbocycles. The van der Waals surface area contributed by atoms with Crippen LogP contribution < -0.4 is 0 Å². The van der Waals surface area contributed by atoms with Crippen molar-refractivity contribution >= 4 is 0 Å². The molecule has 0 aromatic heterocycles. The summed E-state index contributed by atoms with van der Waals surface area (Å²) in [6.07, 6.45) is 17.9. The summed E-state index contributed by atoms with van der Waals surface area (Å²) in [7, 11) is 0. The van der Waals surface area contributed by atoms with Crippen LogP contribution in [0.2, 0.25) is 0 Å². The Kier molecular flexibility index (Phi) is 7.78. The van der Waals surface area contributed by atoms with Crippen LogP contribution in [0, 0.1) is 53.3 Å². The lowest BCUT2D eigenvalue weighted by Crippen LogP contribution is -2.32. The molecule has 10 fully saturated rings. The molecule has 3 heterocycles. The number of aliphatic hydroxyl groups excluding tert-OH is 3. The minimum Gasteiger partial charge on any atom is -0.393 e. The summed E-state index contributed by atoms with van der Waals surface area (Å²) >= 11 is 0. The molecular weight excluding hydrogens is 532 g/mol. The van der Waals surface area contributed by atoms with Gasteiger partial charge >= 0.3 is 0 Å². The fraction of sp³-hybridized carbons (Fsp3) is 1.00. The molecule has 20 unspecified atom stereocenters.